The van der Waals surface area contributed by atoms with Gasteiger partial charge in [0.25, 0.3) is 0 Å². The Bertz CT molecular complexity index is 243. The number of ether oxygens (including phenoxy) is 1. The maximum Gasteiger partial charge on any atom is 0.222 e. The van der Waals surface area contributed by atoms with E-state index < -0.39 is 0 Å². The van der Waals surface area contributed by atoms with Crippen molar-refractivity contribution in [3.63, 3.8) is 0 Å². The van der Waals surface area contributed by atoms with Crippen molar-refractivity contribution < 1.29 is 14.3 Å². The zero-order chi connectivity index (χ0) is 13.4. The van der Waals surface area contributed by atoms with E-state index in [2.05, 4.69) is 5.32 Å². The molecule has 4 nitrogen and oxygen atoms in total. The van der Waals surface area contributed by atoms with Crippen LogP contribution in [-0.2, 0) is 14.3 Å². The van der Waals surface area contributed by atoms with E-state index in [0.29, 0.717) is 6.42 Å². The van der Waals surface area contributed by atoms with Crippen LogP contribution in [0.25, 0.3) is 0 Å². The predicted octanol–water partition coefficient (Wildman–Crippen LogP) is 1.78. The number of carbonyl (C=O) groups is 2. The second-order valence-electron chi connectivity index (χ2n) is 4.86. The van der Waals surface area contributed by atoms with E-state index in [0.717, 1.165) is 12.7 Å². The Balaban J connectivity index is 3.96. The molecule has 0 radical (unpaired) electrons. The molecular formula is C13H25NO3. The van der Waals surface area contributed by atoms with Gasteiger partial charge in [-0.25, -0.2) is 0 Å². The van der Waals surface area contributed by atoms with Crippen LogP contribution < -0.4 is 5.32 Å². The van der Waals surface area contributed by atoms with E-state index >= 15 is 0 Å². The molecule has 1 N–H and O–H groups in total. The van der Waals surface area contributed by atoms with Crippen molar-refractivity contribution >= 4 is 12.2 Å². The summed E-state index contributed by atoms with van der Waals surface area (Å²) in [6.45, 7) is 7.69. The zero-order valence-electron chi connectivity index (χ0n) is 11.5. The molecular weight excluding hydrogens is 218 g/mol. The lowest BCUT2D eigenvalue weighted by molar-refractivity contribution is -0.125. The first kappa shape index (κ1) is 16.1. The number of aldehydes is 1. The molecule has 0 aromatic carbocycles. The fourth-order valence-corrected chi connectivity index (χ4v) is 1.94. The first-order valence-corrected chi connectivity index (χ1v) is 6.23. The largest absolute Gasteiger partial charge is 0.376 e. The number of hydrogen-bond acceptors (Lipinski definition) is 3. The van der Waals surface area contributed by atoms with Crippen LogP contribution >= 0.6 is 0 Å². The third-order valence-electron chi connectivity index (χ3n) is 2.78. The summed E-state index contributed by atoms with van der Waals surface area (Å²) in [7, 11) is 1.64. The van der Waals surface area contributed by atoms with Crippen molar-refractivity contribution in [2.75, 3.05) is 7.05 Å². The van der Waals surface area contributed by atoms with Gasteiger partial charge in [0, 0.05) is 18.9 Å². The van der Waals surface area contributed by atoms with E-state index in [9.17, 15) is 9.59 Å². The molecule has 1 amide bonds. The lowest BCUT2D eigenvalue weighted by Gasteiger charge is -2.22. The Kier molecular flexibility index (Phi) is 7.79. The monoisotopic (exact) mass is 243 g/mol. The van der Waals surface area contributed by atoms with Crippen LogP contribution in [0.4, 0.5) is 0 Å². The molecule has 4 atom stereocenters. The quantitative estimate of drug-likeness (QED) is 0.661. The minimum Gasteiger partial charge on any atom is -0.376 e. The standard InChI is InChI=1S/C13H25NO3/c1-9(8-15)6-11(3)17-12(4)7-10(2)13(16)14-5/h8-12H,6-7H2,1-5H3,(H,14,16). The van der Waals surface area contributed by atoms with Gasteiger partial charge in [0.15, 0.2) is 0 Å². The summed E-state index contributed by atoms with van der Waals surface area (Å²) < 4.78 is 5.75. The van der Waals surface area contributed by atoms with E-state index in [-0.39, 0.29) is 30.0 Å². The summed E-state index contributed by atoms with van der Waals surface area (Å²) in [5, 5.41) is 2.62. The fourth-order valence-electron chi connectivity index (χ4n) is 1.94. The second kappa shape index (κ2) is 8.23. The van der Waals surface area contributed by atoms with Gasteiger partial charge < -0.3 is 14.8 Å². The third kappa shape index (κ3) is 7.10. The average molecular weight is 243 g/mol. The highest BCUT2D eigenvalue weighted by molar-refractivity contribution is 5.77. The van der Waals surface area contributed by atoms with Gasteiger partial charge in [0.2, 0.25) is 5.91 Å². The first-order valence-electron chi connectivity index (χ1n) is 6.23. The summed E-state index contributed by atoms with van der Waals surface area (Å²) in [6.07, 6.45) is 2.43. The smallest absolute Gasteiger partial charge is 0.222 e. The summed E-state index contributed by atoms with van der Waals surface area (Å²) in [5.41, 5.74) is 0. The predicted molar refractivity (Wildman–Crippen MR) is 67.7 cm³/mol. The van der Waals surface area contributed by atoms with Gasteiger partial charge in [0.05, 0.1) is 12.2 Å². The highest BCUT2D eigenvalue weighted by Gasteiger charge is 2.18. The molecule has 0 saturated carbocycles. The van der Waals surface area contributed by atoms with Crippen LogP contribution in [0.1, 0.15) is 40.5 Å². The topological polar surface area (TPSA) is 55.4 Å². The minimum atomic E-state index is -0.0503. The molecule has 100 valence electrons. The Morgan fingerprint density at radius 2 is 1.71 bits per heavy atom. The van der Waals surface area contributed by atoms with Crippen molar-refractivity contribution in [3.05, 3.63) is 0 Å². The lowest BCUT2D eigenvalue weighted by atomic mass is 10.0. The van der Waals surface area contributed by atoms with E-state index in [1.54, 1.807) is 7.05 Å². The van der Waals surface area contributed by atoms with Gasteiger partial charge in [-0.2, -0.15) is 0 Å². The van der Waals surface area contributed by atoms with E-state index in [1.165, 1.54) is 0 Å². The van der Waals surface area contributed by atoms with Crippen LogP contribution in [-0.4, -0.2) is 31.4 Å². The summed E-state index contributed by atoms with van der Waals surface area (Å²) in [4.78, 5) is 21.9. The highest BCUT2D eigenvalue weighted by atomic mass is 16.5. The van der Waals surface area contributed by atoms with Gasteiger partial charge in [-0.15, -0.1) is 0 Å². The Hall–Kier alpha value is -0.900. The molecule has 0 saturated heterocycles. The van der Waals surface area contributed by atoms with E-state index in [1.807, 2.05) is 27.7 Å². The summed E-state index contributed by atoms with van der Waals surface area (Å²) >= 11 is 0. The molecule has 0 bridgehead atoms. The number of carbonyl (C=O) groups excluding carboxylic acids is 2. The van der Waals surface area contributed by atoms with Crippen LogP contribution in [0.15, 0.2) is 0 Å². The van der Waals surface area contributed by atoms with Crippen molar-refractivity contribution in [2.45, 2.75) is 52.7 Å². The minimum absolute atomic E-state index is 0.0218. The molecule has 0 aliphatic rings. The molecule has 4 unspecified atom stereocenters. The summed E-state index contributed by atoms with van der Waals surface area (Å²) in [6, 6.07) is 0. The number of amides is 1. The maximum absolute atomic E-state index is 11.3. The Labute approximate surface area is 104 Å². The molecule has 0 rings (SSSR count). The molecule has 0 fully saturated rings. The van der Waals surface area contributed by atoms with Crippen molar-refractivity contribution in [3.8, 4) is 0 Å². The van der Waals surface area contributed by atoms with Crippen LogP contribution in [0.5, 0.6) is 0 Å². The van der Waals surface area contributed by atoms with Crippen LogP contribution in [0, 0.1) is 11.8 Å². The lowest BCUT2D eigenvalue weighted by Crippen LogP contribution is -2.29. The average Bonchev–Trinajstić information content (AvgIpc) is 2.26. The molecule has 0 aromatic rings. The molecule has 0 aliphatic heterocycles. The molecule has 0 aromatic heterocycles. The molecule has 0 heterocycles. The number of hydrogen-bond donors (Lipinski definition) is 1. The molecule has 0 spiro atoms. The van der Waals surface area contributed by atoms with Crippen molar-refractivity contribution in [1.82, 2.24) is 5.32 Å². The fraction of sp³-hybridized carbons (Fsp3) is 0.846. The first-order chi connectivity index (χ1) is 7.90. The zero-order valence-corrected chi connectivity index (χ0v) is 11.5. The second-order valence-corrected chi connectivity index (χ2v) is 4.86. The van der Waals surface area contributed by atoms with E-state index in [4.69, 9.17) is 4.74 Å². The van der Waals surface area contributed by atoms with Crippen LogP contribution in [0.2, 0.25) is 0 Å². The molecule has 4 heteroatoms. The Morgan fingerprint density at radius 3 is 2.18 bits per heavy atom. The summed E-state index contributed by atoms with van der Waals surface area (Å²) in [5.74, 6) is 0.00798. The van der Waals surface area contributed by atoms with Crippen molar-refractivity contribution in [2.24, 2.45) is 11.8 Å². The normalized spacial score (nSPS) is 17.9. The molecule has 0 aliphatic carbocycles. The van der Waals surface area contributed by atoms with Gasteiger partial charge in [0.1, 0.15) is 6.29 Å². The highest BCUT2D eigenvalue weighted by Crippen LogP contribution is 2.14. The SMILES string of the molecule is CNC(=O)C(C)CC(C)OC(C)CC(C)C=O. The van der Waals surface area contributed by atoms with Gasteiger partial charge in [-0.3, -0.25) is 4.79 Å². The third-order valence-corrected chi connectivity index (χ3v) is 2.78. The van der Waals surface area contributed by atoms with Crippen molar-refractivity contribution in [1.29, 1.82) is 0 Å². The van der Waals surface area contributed by atoms with Crippen LogP contribution in [0.3, 0.4) is 0 Å². The molecule has 17 heavy (non-hydrogen) atoms. The maximum atomic E-state index is 11.3. The number of rotatable bonds is 8. The number of nitrogens with one attached hydrogen (secondary N) is 1. The van der Waals surface area contributed by atoms with Gasteiger partial charge in [-0.05, 0) is 26.7 Å². The Morgan fingerprint density at radius 1 is 1.18 bits per heavy atom. The van der Waals surface area contributed by atoms with Gasteiger partial charge >= 0.3 is 0 Å². The van der Waals surface area contributed by atoms with Gasteiger partial charge in [-0.1, -0.05) is 13.8 Å².